The van der Waals surface area contributed by atoms with Crippen LogP contribution in [-0.4, -0.2) is 11.9 Å². The maximum Gasteiger partial charge on any atom is 0.251 e. The van der Waals surface area contributed by atoms with Crippen LogP contribution >= 0.6 is 15.9 Å². The molecule has 1 saturated carbocycles. The van der Waals surface area contributed by atoms with Crippen molar-refractivity contribution in [3.05, 3.63) is 33.8 Å². The predicted molar refractivity (Wildman–Crippen MR) is 82.3 cm³/mol. The molecule has 3 unspecified atom stereocenters. The van der Waals surface area contributed by atoms with Gasteiger partial charge in [0.25, 0.3) is 5.91 Å². The molecule has 1 aromatic carbocycles. The van der Waals surface area contributed by atoms with Crippen molar-refractivity contribution in [3.63, 3.8) is 0 Å². The minimum Gasteiger partial charge on any atom is -0.349 e. The first-order chi connectivity index (χ1) is 9.00. The number of hydrogen-bond donors (Lipinski definition) is 1. The van der Waals surface area contributed by atoms with Gasteiger partial charge in [0, 0.05) is 16.1 Å². The van der Waals surface area contributed by atoms with E-state index in [1.54, 1.807) is 0 Å². The molecular weight excluding hydrogens is 302 g/mol. The molecule has 1 amide bonds. The fourth-order valence-corrected chi connectivity index (χ4v) is 3.25. The van der Waals surface area contributed by atoms with E-state index in [1.807, 2.05) is 25.1 Å². The van der Waals surface area contributed by atoms with E-state index in [0.717, 1.165) is 22.0 Å². The van der Waals surface area contributed by atoms with Gasteiger partial charge in [-0.05, 0) is 42.9 Å². The van der Waals surface area contributed by atoms with Gasteiger partial charge in [-0.15, -0.1) is 0 Å². The van der Waals surface area contributed by atoms with Crippen LogP contribution in [-0.2, 0) is 0 Å². The Balaban J connectivity index is 2.10. The van der Waals surface area contributed by atoms with E-state index in [0.29, 0.717) is 17.9 Å². The Morgan fingerprint density at radius 3 is 2.79 bits per heavy atom. The fraction of sp³-hybridized carbons (Fsp3) is 0.562. The van der Waals surface area contributed by atoms with Crippen LogP contribution in [0.1, 0.15) is 49.0 Å². The van der Waals surface area contributed by atoms with Crippen molar-refractivity contribution in [1.82, 2.24) is 5.32 Å². The first kappa shape index (κ1) is 14.6. The van der Waals surface area contributed by atoms with Gasteiger partial charge in [0.15, 0.2) is 0 Å². The maximum absolute atomic E-state index is 12.4. The molecule has 2 nitrogen and oxygen atoms in total. The second-order valence-electron chi connectivity index (χ2n) is 5.76. The second-order valence-corrected chi connectivity index (χ2v) is 6.61. The van der Waals surface area contributed by atoms with Gasteiger partial charge in [-0.25, -0.2) is 0 Å². The highest BCUT2D eigenvalue weighted by molar-refractivity contribution is 9.10. The third-order valence-electron chi connectivity index (χ3n) is 4.54. The van der Waals surface area contributed by atoms with Crippen LogP contribution in [0.5, 0.6) is 0 Å². The number of rotatable bonds is 2. The maximum atomic E-state index is 12.4. The first-order valence-corrected chi connectivity index (χ1v) is 7.86. The molecule has 0 radical (unpaired) electrons. The molecule has 0 spiro atoms. The zero-order valence-corrected chi connectivity index (χ0v) is 13.5. The van der Waals surface area contributed by atoms with E-state index >= 15 is 0 Å². The standard InChI is InChI=1S/C16H22BrNO/c1-10-6-4-9-15(11(10)2)18-16(19)13-7-5-8-14(17)12(13)3/h5,7-8,10-11,15H,4,6,9H2,1-3H3,(H,18,19). The molecule has 1 aliphatic rings. The van der Waals surface area contributed by atoms with E-state index in [2.05, 4.69) is 35.1 Å². The summed E-state index contributed by atoms with van der Waals surface area (Å²) in [5.41, 5.74) is 1.79. The minimum absolute atomic E-state index is 0.0600. The molecule has 19 heavy (non-hydrogen) atoms. The number of hydrogen-bond acceptors (Lipinski definition) is 1. The molecule has 1 aliphatic carbocycles. The molecule has 0 bridgehead atoms. The van der Waals surface area contributed by atoms with Gasteiger partial charge >= 0.3 is 0 Å². The molecule has 3 heteroatoms. The molecule has 0 aromatic heterocycles. The lowest BCUT2D eigenvalue weighted by molar-refractivity contribution is 0.0890. The molecule has 1 aromatic rings. The van der Waals surface area contributed by atoms with Crippen LogP contribution < -0.4 is 5.32 Å². The molecule has 0 saturated heterocycles. The summed E-state index contributed by atoms with van der Waals surface area (Å²) >= 11 is 3.48. The van der Waals surface area contributed by atoms with E-state index in [-0.39, 0.29) is 5.91 Å². The molecular formula is C16H22BrNO. The lowest BCUT2D eigenvalue weighted by Crippen LogP contribution is -2.43. The highest BCUT2D eigenvalue weighted by Crippen LogP contribution is 2.30. The van der Waals surface area contributed by atoms with Crippen LogP contribution in [0.3, 0.4) is 0 Å². The number of nitrogens with one attached hydrogen (secondary N) is 1. The molecule has 1 fully saturated rings. The summed E-state index contributed by atoms with van der Waals surface area (Å²) in [5.74, 6) is 1.32. The van der Waals surface area contributed by atoms with Crippen molar-refractivity contribution in [2.24, 2.45) is 11.8 Å². The summed E-state index contributed by atoms with van der Waals surface area (Å²) in [6, 6.07) is 6.09. The van der Waals surface area contributed by atoms with Gasteiger partial charge in [-0.1, -0.05) is 48.7 Å². The number of carbonyl (C=O) groups is 1. The number of halogens is 1. The summed E-state index contributed by atoms with van der Waals surface area (Å²) in [7, 11) is 0. The van der Waals surface area contributed by atoms with E-state index in [9.17, 15) is 4.79 Å². The van der Waals surface area contributed by atoms with Crippen molar-refractivity contribution >= 4 is 21.8 Å². The van der Waals surface area contributed by atoms with Crippen LogP contribution in [0.4, 0.5) is 0 Å². The average molecular weight is 324 g/mol. The highest BCUT2D eigenvalue weighted by Gasteiger charge is 2.28. The Kier molecular flexibility index (Phi) is 4.67. The van der Waals surface area contributed by atoms with Crippen LogP contribution in [0.25, 0.3) is 0 Å². The van der Waals surface area contributed by atoms with Crippen LogP contribution in [0.15, 0.2) is 22.7 Å². The predicted octanol–water partition coefficient (Wildman–Crippen LogP) is 4.31. The third kappa shape index (κ3) is 3.19. The molecule has 0 aliphatic heterocycles. The summed E-state index contributed by atoms with van der Waals surface area (Å²) < 4.78 is 0.991. The van der Waals surface area contributed by atoms with E-state index in [1.165, 1.54) is 12.8 Å². The Labute approximate surface area is 124 Å². The van der Waals surface area contributed by atoms with Gasteiger partial charge in [-0.2, -0.15) is 0 Å². The summed E-state index contributed by atoms with van der Waals surface area (Å²) in [6.45, 7) is 6.52. The Bertz CT molecular complexity index is 472. The Morgan fingerprint density at radius 1 is 1.32 bits per heavy atom. The van der Waals surface area contributed by atoms with Crippen molar-refractivity contribution < 1.29 is 4.79 Å². The highest BCUT2D eigenvalue weighted by atomic mass is 79.9. The summed E-state index contributed by atoms with van der Waals surface area (Å²) in [6.07, 6.45) is 3.60. The molecule has 0 heterocycles. The van der Waals surface area contributed by atoms with Gasteiger partial charge in [0.2, 0.25) is 0 Å². The minimum atomic E-state index is 0.0600. The van der Waals surface area contributed by atoms with Gasteiger partial charge in [0.05, 0.1) is 0 Å². The lowest BCUT2D eigenvalue weighted by atomic mass is 9.78. The normalized spacial score (nSPS) is 27.1. The monoisotopic (exact) mass is 323 g/mol. The van der Waals surface area contributed by atoms with Gasteiger partial charge in [0.1, 0.15) is 0 Å². The Hall–Kier alpha value is -0.830. The van der Waals surface area contributed by atoms with Crippen molar-refractivity contribution in [2.75, 3.05) is 0 Å². The van der Waals surface area contributed by atoms with Gasteiger partial charge in [-0.3, -0.25) is 4.79 Å². The van der Waals surface area contributed by atoms with Crippen LogP contribution in [0, 0.1) is 18.8 Å². The smallest absolute Gasteiger partial charge is 0.251 e. The zero-order chi connectivity index (χ0) is 14.0. The molecule has 3 atom stereocenters. The lowest BCUT2D eigenvalue weighted by Gasteiger charge is -2.34. The molecule has 104 valence electrons. The topological polar surface area (TPSA) is 29.1 Å². The number of benzene rings is 1. The summed E-state index contributed by atoms with van der Waals surface area (Å²) in [5, 5.41) is 3.22. The average Bonchev–Trinajstić information content (AvgIpc) is 2.38. The van der Waals surface area contributed by atoms with Crippen LogP contribution in [0.2, 0.25) is 0 Å². The first-order valence-electron chi connectivity index (χ1n) is 7.06. The number of amides is 1. The zero-order valence-electron chi connectivity index (χ0n) is 11.9. The van der Waals surface area contributed by atoms with Gasteiger partial charge < -0.3 is 5.32 Å². The Morgan fingerprint density at radius 2 is 2.05 bits per heavy atom. The van der Waals surface area contributed by atoms with Crippen molar-refractivity contribution in [1.29, 1.82) is 0 Å². The van der Waals surface area contributed by atoms with E-state index < -0.39 is 0 Å². The summed E-state index contributed by atoms with van der Waals surface area (Å²) in [4.78, 5) is 12.4. The second kappa shape index (κ2) is 6.08. The molecule has 1 N–H and O–H groups in total. The van der Waals surface area contributed by atoms with Crippen molar-refractivity contribution in [2.45, 2.75) is 46.1 Å². The van der Waals surface area contributed by atoms with Crippen molar-refractivity contribution in [3.8, 4) is 0 Å². The quantitative estimate of drug-likeness (QED) is 0.863. The largest absolute Gasteiger partial charge is 0.349 e. The third-order valence-corrected chi connectivity index (χ3v) is 5.39. The number of carbonyl (C=O) groups excluding carboxylic acids is 1. The SMILES string of the molecule is Cc1c(Br)cccc1C(=O)NC1CCCC(C)C1C. The van der Waals surface area contributed by atoms with E-state index in [4.69, 9.17) is 0 Å². The molecule has 2 rings (SSSR count). The fourth-order valence-electron chi connectivity index (χ4n) is 2.89.